The molecule has 1 aliphatic carbocycles. The summed E-state index contributed by atoms with van der Waals surface area (Å²) in [6, 6.07) is 6.46. The van der Waals surface area contributed by atoms with Crippen LogP contribution in [0.3, 0.4) is 0 Å². The van der Waals surface area contributed by atoms with Gasteiger partial charge < -0.3 is 5.32 Å². The summed E-state index contributed by atoms with van der Waals surface area (Å²) in [6.07, 6.45) is 2.53. The van der Waals surface area contributed by atoms with Crippen LogP contribution >= 0.6 is 27.5 Å². The zero-order chi connectivity index (χ0) is 10.1. The van der Waals surface area contributed by atoms with E-state index in [-0.39, 0.29) is 0 Å². The van der Waals surface area contributed by atoms with Gasteiger partial charge in [0.2, 0.25) is 0 Å². The second-order valence-electron chi connectivity index (χ2n) is 4.04. The highest BCUT2D eigenvalue weighted by Crippen LogP contribution is 2.33. The lowest BCUT2D eigenvalue weighted by atomic mass is 9.82. The fraction of sp³-hybridized carbons (Fsp3) is 0.455. The van der Waals surface area contributed by atoms with Crippen molar-refractivity contribution < 1.29 is 0 Å². The van der Waals surface area contributed by atoms with Gasteiger partial charge in [0.05, 0.1) is 5.69 Å². The molecule has 0 atom stereocenters. The summed E-state index contributed by atoms with van der Waals surface area (Å²) in [5, 5.41) is 4.27. The quantitative estimate of drug-likeness (QED) is 0.847. The van der Waals surface area contributed by atoms with Gasteiger partial charge in [-0.3, -0.25) is 0 Å². The maximum Gasteiger partial charge on any atom is 0.0501 e. The van der Waals surface area contributed by atoms with Gasteiger partial charge in [0.15, 0.2) is 0 Å². The molecule has 3 heteroatoms. The molecule has 0 aromatic heterocycles. The first kappa shape index (κ1) is 10.3. The van der Waals surface area contributed by atoms with Gasteiger partial charge in [-0.2, -0.15) is 0 Å². The average molecular weight is 275 g/mol. The molecule has 0 heterocycles. The minimum absolute atomic E-state index is 0.625. The van der Waals surface area contributed by atoms with Crippen molar-refractivity contribution in [3.05, 3.63) is 27.7 Å². The molecule has 0 aliphatic heterocycles. The molecule has 1 fully saturated rings. The van der Waals surface area contributed by atoms with Crippen molar-refractivity contribution in [3.8, 4) is 0 Å². The molecule has 0 unspecified atom stereocenters. The third-order valence-electron chi connectivity index (χ3n) is 2.66. The van der Waals surface area contributed by atoms with Gasteiger partial charge in [-0.05, 0) is 52.9 Å². The molecule has 0 radical (unpaired) electrons. The van der Waals surface area contributed by atoms with Crippen molar-refractivity contribution in [3.63, 3.8) is 0 Å². The molecule has 76 valence electrons. The minimum Gasteiger partial charge on any atom is -0.381 e. The Labute approximate surface area is 98.0 Å². The zero-order valence-electron chi connectivity index (χ0n) is 8.06. The van der Waals surface area contributed by atoms with E-state index in [9.17, 15) is 0 Å². The van der Waals surface area contributed by atoms with Crippen LogP contribution in [0.15, 0.2) is 22.7 Å². The lowest BCUT2D eigenvalue weighted by Gasteiger charge is -2.34. The maximum absolute atomic E-state index is 5.93. The Hall–Kier alpha value is -0.210. The van der Waals surface area contributed by atoms with Gasteiger partial charge in [0.25, 0.3) is 0 Å². The number of halogens is 2. The van der Waals surface area contributed by atoms with E-state index >= 15 is 0 Å². The molecule has 0 bridgehead atoms. The molecule has 0 amide bonds. The Morgan fingerprint density at radius 1 is 1.43 bits per heavy atom. The summed E-state index contributed by atoms with van der Waals surface area (Å²) >= 11 is 9.44. The van der Waals surface area contributed by atoms with Crippen LogP contribution in [0.2, 0.25) is 5.02 Å². The highest BCUT2D eigenvalue weighted by molar-refractivity contribution is 9.10. The smallest absolute Gasteiger partial charge is 0.0501 e. The van der Waals surface area contributed by atoms with Crippen LogP contribution in [0, 0.1) is 5.92 Å². The molecule has 0 spiro atoms. The zero-order valence-corrected chi connectivity index (χ0v) is 10.4. The van der Waals surface area contributed by atoms with E-state index in [4.69, 9.17) is 11.6 Å². The van der Waals surface area contributed by atoms with Gasteiger partial charge in [0, 0.05) is 15.5 Å². The molecule has 1 N–H and O–H groups in total. The molecule has 1 aliphatic rings. The second-order valence-corrected chi connectivity index (χ2v) is 5.33. The number of nitrogens with one attached hydrogen (secondary N) is 1. The summed E-state index contributed by atoms with van der Waals surface area (Å²) in [7, 11) is 0. The maximum atomic E-state index is 5.93. The van der Waals surface area contributed by atoms with Crippen LogP contribution < -0.4 is 5.32 Å². The Kier molecular flexibility index (Phi) is 3.03. The second kappa shape index (κ2) is 4.11. The molecule has 0 saturated heterocycles. The Morgan fingerprint density at radius 3 is 2.79 bits per heavy atom. The number of benzene rings is 1. The molecule has 2 rings (SSSR count). The number of anilines is 1. The number of hydrogen-bond donors (Lipinski definition) is 1. The van der Waals surface area contributed by atoms with Crippen LogP contribution in [-0.2, 0) is 0 Å². The van der Waals surface area contributed by atoms with Crippen LogP contribution in [0.25, 0.3) is 0 Å². The molecule has 1 saturated carbocycles. The van der Waals surface area contributed by atoms with Gasteiger partial charge >= 0.3 is 0 Å². The number of hydrogen-bond acceptors (Lipinski definition) is 1. The van der Waals surface area contributed by atoms with Crippen molar-refractivity contribution in [2.75, 3.05) is 5.32 Å². The fourth-order valence-electron chi connectivity index (χ4n) is 1.85. The van der Waals surface area contributed by atoms with Gasteiger partial charge in [-0.25, -0.2) is 0 Å². The normalized spacial score (nSPS) is 25.6. The van der Waals surface area contributed by atoms with Crippen LogP contribution in [0.1, 0.15) is 19.8 Å². The van der Waals surface area contributed by atoms with E-state index in [1.54, 1.807) is 0 Å². The first-order valence-electron chi connectivity index (χ1n) is 4.87. The SMILES string of the molecule is CC1CC(Nc2cc(Cl)ccc2Br)C1. The van der Waals surface area contributed by atoms with Crippen molar-refractivity contribution in [1.82, 2.24) is 0 Å². The summed E-state index contributed by atoms with van der Waals surface area (Å²) in [5.41, 5.74) is 1.11. The van der Waals surface area contributed by atoms with E-state index in [0.29, 0.717) is 6.04 Å². The van der Waals surface area contributed by atoms with Crippen molar-refractivity contribution in [2.24, 2.45) is 5.92 Å². The number of rotatable bonds is 2. The summed E-state index contributed by atoms with van der Waals surface area (Å²) < 4.78 is 1.08. The summed E-state index contributed by atoms with van der Waals surface area (Å²) in [5.74, 6) is 0.866. The Balaban J connectivity index is 2.05. The van der Waals surface area contributed by atoms with Crippen LogP contribution in [0.4, 0.5) is 5.69 Å². The average Bonchev–Trinajstić information content (AvgIpc) is 2.09. The van der Waals surface area contributed by atoms with Crippen LogP contribution in [-0.4, -0.2) is 6.04 Å². The Morgan fingerprint density at radius 2 is 2.14 bits per heavy atom. The fourth-order valence-corrected chi connectivity index (χ4v) is 2.38. The molecular weight excluding hydrogens is 261 g/mol. The first-order valence-corrected chi connectivity index (χ1v) is 6.04. The standard InChI is InChI=1S/C11H13BrClN/c1-7-4-9(5-7)14-11-6-8(13)2-3-10(11)12/h2-3,6-7,9,14H,4-5H2,1H3. The molecule has 1 aromatic rings. The third-order valence-corrected chi connectivity index (χ3v) is 3.59. The van der Waals surface area contributed by atoms with E-state index in [2.05, 4.69) is 28.2 Å². The van der Waals surface area contributed by atoms with Crippen molar-refractivity contribution >= 4 is 33.2 Å². The third kappa shape index (κ3) is 2.23. The summed E-state index contributed by atoms with van der Waals surface area (Å²) in [6.45, 7) is 2.28. The minimum atomic E-state index is 0.625. The molecular formula is C11H13BrClN. The molecule has 1 aromatic carbocycles. The monoisotopic (exact) mass is 273 g/mol. The van der Waals surface area contributed by atoms with Gasteiger partial charge in [-0.1, -0.05) is 18.5 Å². The van der Waals surface area contributed by atoms with Crippen molar-refractivity contribution in [2.45, 2.75) is 25.8 Å². The molecule has 14 heavy (non-hydrogen) atoms. The van der Waals surface area contributed by atoms with Crippen LogP contribution in [0.5, 0.6) is 0 Å². The first-order chi connectivity index (χ1) is 6.65. The predicted molar refractivity (Wildman–Crippen MR) is 65.0 cm³/mol. The topological polar surface area (TPSA) is 12.0 Å². The van der Waals surface area contributed by atoms with E-state index in [1.165, 1.54) is 12.8 Å². The highest BCUT2D eigenvalue weighted by atomic mass is 79.9. The van der Waals surface area contributed by atoms with E-state index in [1.807, 2.05) is 18.2 Å². The Bertz CT molecular complexity index is 334. The van der Waals surface area contributed by atoms with Gasteiger partial charge in [-0.15, -0.1) is 0 Å². The highest BCUT2D eigenvalue weighted by Gasteiger charge is 2.25. The molecule has 1 nitrogen and oxygen atoms in total. The summed E-state index contributed by atoms with van der Waals surface area (Å²) in [4.78, 5) is 0. The van der Waals surface area contributed by atoms with Gasteiger partial charge in [0.1, 0.15) is 0 Å². The lowest BCUT2D eigenvalue weighted by Crippen LogP contribution is -2.33. The largest absolute Gasteiger partial charge is 0.381 e. The van der Waals surface area contributed by atoms with E-state index < -0.39 is 0 Å². The lowest BCUT2D eigenvalue weighted by molar-refractivity contribution is 0.309. The predicted octanol–water partition coefficient (Wildman–Crippen LogP) is 4.31. The van der Waals surface area contributed by atoms with E-state index in [0.717, 1.165) is 21.1 Å². The van der Waals surface area contributed by atoms with Crippen molar-refractivity contribution in [1.29, 1.82) is 0 Å².